The van der Waals surface area contributed by atoms with Crippen molar-refractivity contribution < 1.29 is 50.1 Å². The molecule has 2 amide bonds. The molecule has 3 rings (SSSR count). The van der Waals surface area contributed by atoms with E-state index < -0.39 is 43.3 Å². The van der Waals surface area contributed by atoms with E-state index in [-0.39, 0.29) is 36.3 Å². The van der Waals surface area contributed by atoms with Gasteiger partial charge in [0.25, 0.3) is 5.91 Å². The molecule has 0 unspecified atom stereocenters. The molecule has 1 aromatic carbocycles. The average Bonchev–Trinajstić information content (AvgIpc) is 2.73. The van der Waals surface area contributed by atoms with Crippen LogP contribution >= 0.6 is 0 Å². The van der Waals surface area contributed by atoms with Gasteiger partial charge in [-0.1, -0.05) is 0 Å². The maximum atomic E-state index is 12.6. The molecule has 0 spiro atoms. The number of rotatable bonds is 8. The summed E-state index contributed by atoms with van der Waals surface area (Å²) in [7, 11) is 0. The average molecular weight is 498 g/mol. The number of carbonyl (C=O) groups is 2. The molecular weight excluding hydrogens is 474 g/mol. The molecule has 34 heavy (non-hydrogen) atoms. The third-order valence-corrected chi connectivity index (χ3v) is 5.55. The maximum absolute atomic E-state index is 12.6. The van der Waals surface area contributed by atoms with Crippen molar-refractivity contribution in [1.82, 2.24) is 10.6 Å². The Kier molecular flexibility index (Phi) is 8.29. The smallest absolute Gasteiger partial charge is 0.484 e. The summed E-state index contributed by atoms with van der Waals surface area (Å²) in [6, 6.07) is 3.37. The first-order valence-electron chi connectivity index (χ1n) is 10.6. The van der Waals surface area contributed by atoms with Crippen LogP contribution in [-0.4, -0.2) is 56.2 Å². The van der Waals surface area contributed by atoms with Crippen LogP contribution in [0.25, 0.3) is 0 Å². The van der Waals surface area contributed by atoms with Crippen LogP contribution in [0.1, 0.15) is 31.2 Å². The van der Waals surface area contributed by atoms with Crippen LogP contribution in [0.15, 0.2) is 24.3 Å². The number of halogens is 6. The zero-order valence-corrected chi connectivity index (χ0v) is 17.9. The third kappa shape index (κ3) is 8.05. The molecule has 7 nitrogen and oxygen atoms in total. The van der Waals surface area contributed by atoms with Crippen molar-refractivity contribution >= 4 is 11.8 Å². The number of hydrogen-bond acceptors (Lipinski definition) is 5. The van der Waals surface area contributed by atoms with Gasteiger partial charge in [-0.15, -0.1) is 13.2 Å². The van der Waals surface area contributed by atoms with Crippen LogP contribution in [0.4, 0.5) is 26.3 Å². The molecule has 0 aromatic heterocycles. The van der Waals surface area contributed by atoms with Crippen LogP contribution in [0.2, 0.25) is 0 Å². The Labute approximate surface area is 191 Å². The minimum Gasteiger partial charge on any atom is -0.484 e. The number of nitrogens with one attached hydrogen (secondary N) is 2. The molecule has 0 bridgehead atoms. The fourth-order valence-corrected chi connectivity index (χ4v) is 3.73. The highest BCUT2D eigenvalue weighted by molar-refractivity contribution is 5.81. The number of carbonyl (C=O) groups excluding carboxylic acids is 2. The maximum Gasteiger partial charge on any atom is 0.522 e. The first-order valence-corrected chi connectivity index (χ1v) is 10.6. The normalized spacial score (nSPS) is 25.2. The number of ether oxygens (including phenoxy) is 3. The van der Waals surface area contributed by atoms with Crippen molar-refractivity contribution in [2.75, 3.05) is 19.8 Å². The molecule has 0 radical (unpaired) electrons. The SMILES string of the molecule is O=C(COc1ccc(C(F)(F)F)cc1)N[C@H]1CC[C@H](C(=O)N[C@H]2C[C@@H](COC(F)(F)F)C2)OC1. The summed E-state index contributed by atoms with van der Waals surface area (Å²) in [5.74, 6) is -0.986. The van der Waals surface area contributed by atoms with Gasteiger partial charge in [-0.3, -0.25) is 14.3 Å². The van der Waals surface area contributed by atoms with E-state index in [2.05, 4.69) is 15.4 Å². The van der Waals surface area contributed by atoms with Gasteiger partial charge < -0.3 is 20.1 Å². The van der Waals surface area contributed by atoms with Crippen LogP contribution in [0.5, 0.6) is 5.75 Å². The summed E-state index contributed by atoms with van der Waals surface area (Å²) >= 11 is 0. The van der Waals surface area contributed by atoms with Crippen LogP contribution < -0.4 is 15.4 Å². The summed E-state index contributed by atoms with van der Waals surface area (Å²) < 4.78 is 88.2. The molecule has 2 fully saturated rings. The van der Waals surface area contributed by atoms with E-state index in [0.717, 1.165) is 24.3 Å². The lowest BCUT2D eigenvalue weighted by Crippen LogP contribution is -2.52. The Bertz CT molecular complexity index is 832. The van der Waals surface area contributed by atoms with Gasteiger partial charge >= 0.3 is 12.5 Å². The Morgan fingerprint density at radius 3 is 2.21 bits per heavy atom. The summed E-state index contributed by atoms with van der Waals surface area (Å²) in [4.78, 5) is 24.3. The second-order valence-corrected chi connectivity index (χ2v) is 8.27. The van der Waals surface area contributed by atoms with Gasteiger partial charge in [-0.05, 0) is 55.9 Å². The Morgan fingerprint density at radius 2 is 1.65 bits per heavy atom. The monoisotopic (exact) mass is 498 g/mol. The number of alkyl halides is 6. The highest BCUT2D eigenvalue weighted by Gasteiger charge is 2.37. The minimum absolute atomic E-state index is 0.0802. The van der Waals surface area contributed by atoms with Crippen LogP contribution in [0, 0.1) is 5.92 Å². The fraction of sp³-hybridized carbons (Fsp3) is 0.619. The highest BCUT2D eigenvalue weighted by atomic mass is 19.4. The van der Waals surface area contributed by atoms with Crippen molar-refractivity contribution in [3.05, 3.63) is 29.8 Å². The molecule has 1 aliphatic heterocycles. The van der Waals surface area contributed by atoms with E-state index in [9.17, 15) is 35.9 Å². The van der Waals surface area contributed by atoms with Gasteiger partial charge in [0.1, 0.15) is 11.9 Å². The topological polar surface area (TPSA) is 85.9 Å². The van der Waals surface area contributed by atoms with Gasteiger partial charge in [-0.25, -0.2) is 0 Å². The van der Waals surface area contributed by atoms with E-state index in [1.165, 1.54) is 0 Å². The molecule has 13 heteroatoms. The number of amides is 2. The zero-order chi connectivity index (χ0) is 24.9. The quantitative estimate of drug-likeness (QED) is 0.538. The van der Waals surface area contributed by atoms with E-state index in [0.29, 0.717) is 25.7 Å². The summed E-state index contributed by atoms with van der Waals surface area (Å²) in [5.41, 5.74) is -0.824. The molecule has 1 heterocycles. The highest BCUT2D eigenvalue weighted by Crippen LogP contribution is 2.31. The second-order valence-electron chi connectivity index (χ2n) is 8.27. The minimum atomic E-state index is -4.66. The van der Waals surface area contributed by atoms with Gasteiger partial charge in [0.2, 0.25) is 5.91 Å². The van der Waals surface area contributed by atoms with E-state index >= 15 is 0 Å². The largest absolute Gasteiger partial charge is 0.522 e. The van der Waals surface area contributed by atoms with E-state index in [4.69, 9.17) is 9.47 Å². The summed E-state index contributed by atoms with van der Waals surface area (Å²) in [6.07, 6.45) is -8.26. The van der Waals surface area contributed by atoms with Crippen molar-refractivity contribution in [2.45, 2.75) is 56.4 Å². The lowest BCUT2D eigenvalue weighted by molar-refractivity contribution is -0.330. The predicted octanol–water partition coefficient (Wildman–Crippen LogP) is 3.18. The molecule has 2 atom stereocenters. The Balaban J connectivity index is 1.30. The van der Waals surface area contributed by atoms with Crippen LogP contribution in [0.3, 0.4) is 0 Å². The van der Waals surface area contributed by atoms with Crippen molar-refractivity contribution in [3.8, 4) is 5.75 Å². The molecule has 1 saturated carbocycles. The molecule has 1 aliphatic carbocycles. The zero-order valence-electron chi connectivity index (χ0n) is 17.9. The molecule has 2 N–H and O–H groups in total. The summed E-state index contributed by atoms with van der Waals surface area (Å²) in [5, 5.41) is 5.41. The molecule has 190 valence electrons. The van der Waals surface area contributed by atoms with Crippen molar-refractivity contribution in [1.29, 1.82) is 0 Å². The van der Waals surface area contributed by atoms with E-state index in [1.807, 2.05) is 0 Å². The lowest BCUT2D eigenvalue weighted by atomic mass is 9.80. The fourth-order valence-electron chi connectivity index (χ4n) is 3.73. The molecule has 1 aromatic rings. The van der Waals surface area contributed by atoms with Gasteiger partial charge in [0.05, 0.1) is 24.8 Å². The standard InChI is InChI=1S/C21H24F6N2O5/c22-20(23,24)13-1-4-16(5-2-13)32-11-18(30)28-14-3-6-17(33-10-14)19(31)29-15-7-12(8-15)9-34-21(25,26)27/h1-2,4-5,12,14-15,17H,3,6-11H2,(H,28,30)(H,29,31)/t12-,14-,15+,17+/m0/s1. The van der Waals surface area contributed by atoms with Crippen LogP contribution in [-0.2, 0) is 25.2 Å². The van der Waals surface area contributed by atoms with Gasteiger partial charge in [0.15, 0.2) is 6.61 Å². The molecule has 1 saturated heterocycles. The van der Waals surface area contributed by atoms with Gasteiger partial charge in [-0.2, -0.15) is 13.2 Å². The van der Waals surface area contributed by atoms with E-state index in [1.54, 1.807) is 0 Å². The Morgan fingerprint density at radius 1 is 0.971 bits per heavy atom. The second kappa shape index (κ2) is 10.8. The first kappa shape index (κ1) is 26.1. The number of benzene rings is 1. The molecular formula is C21H24F6N2O5. The summed E-state index contributed by atoms with van der Waals surface area (Å²) in [6.45, 7) is -0.747. The first-order chi connectivity index (χ1) is 15.9. The van der Waals surface area contributed by atoms with Gasteiger partial charge in [0, 0.05) is 6.04 Å². The number of hydrogen-bond donors (Lipinski definition) is 2. The predicted molar refractivity (Wildman–Crippen MR) is 105 cm³/mol. The van der Waals surface area contributed by atoms with Crippen molar-refractivity contribution in [2.24, 2.45) is 5.92 Å². The van der Waals surface area contributed by atoms with Crippen molar-refractivity contribution in [3.63, 3.8) is 0 Å². The Hall–Kier alpha value is -2.54. The third-order valence-electron chi connectivity index (χ3n) is 5.55. The molecule has 2 aliphatic rings. The lowest BCUT2D eigenvalue weighted by Gasteiger charge is -2.37.